The molecule has 4 aromatic rings. The lowest BCUT2D eigenvalue weighted by Gasteiger charge is -2.06. The fourth-order valence-electron chi connectivity index (χ4n) is 2.49. The van der Waals surface area contributed by atoms with Crippen molar-refractivity contribution >= 4 is 61.0 Å². The monoisotopic (exact) mass is 559 g/mol. The maximum absolute atomic E-state index is 5.57. The van der Waals surface area contributed by atoms with E-state index in [-0.39, 0.29) is 49.6 Å². The summed E-state index contributed by atoms with van der Waals surface area (Å²) in [6.45, 7) is 0.945. The molecule has 0 bridgehead atoms. The van der Waals surface area contributed by atoms with Gasteiger partial charge in [-0.25, -0.2) is 0 Å². The molecule has 0 fully saturated rings. The number of anilines is 2. The Bertz CT molecular complexity index is 1030. The second-order valence-corrected chi connectivity index (χ2v) is 6.46. The maximum Gasteiger partial charge on any atom is 0.130 e. The molecule has 2 heterocycles. The Morgan fingerprint density at radius 1 is 0.600 bits per heavy atom. The van der Waals surface area contributed by atoms with Crippen LogP contribution in [0.2, 0.25) is 0 Å². The van der Waals surface area contributed by atoms with Gasteiger partial charge in [0.2, 0.25) is 0 Å². The summed E-state index contributed by atoms with van der Waals surface area (Å²) in [5.41, 5.74) is 11.5. The average molecular weight is 561 g/mol. The molecule has 5 N–H and O–H groups in total. The van der Waals surface area contributed by atoms with Gasteiger partial charge in [-0.3, -0.25) is 15.8 Å². The Morgan fingerprint density at radius 2 is 1.03 bits per heavy atom. The van der Waals surface area contributed by atoms with Crippen LogP contribution in [0.5, 0.6) is 11.5 Å². The third-order valence-corrected chi connectivity index (χ3v) is 4.13. The number of pyridine rings is 2. The molecule has 2 aromatic carbocycles. The fraction of sp³-hybridized carbons (Fsp3) is 0.0833. The van der Waals surface area contributed by atoms with Crippen LogP contribution in [0.1, 0.15) is 11.4 Å². The minimum atomic E-state index is 0. The van der Waals surface area contributed by atoms with E-state index in [1.807, 2.05) is 84.9 Å². The zero-order valence-corrected chi connectivity index (χ0v) is 21.9. The number of nitrogens with one attached hydrogen (secondary N) is 1. The van der Waals surface area contributed by atoms with Gasteiger partial charge >= 0.3 is 0 Å². The van der Waals surface area contributed by atoms with Crippen molar-refractivity contribution in [2.24, 2.45) is 5.84 Å². The third-order valence-electron chi connectivity index (χ3n) is 4.13. The minimum Gasteiger partial charge on any atom is -0.487 e. The van der Waals surface area contributed by atoms with Gasteiger partial charge in [-0.1, -0.05) is 12.1 Å². The van der Waals surface area contributed by atoms with Crippen LogP contribution < -0.4 is 26.5 Å². The highest BCUT2D eigenvalue weighted by Gasteiger charge is 1.97. The highest BCUT2D eigenvalue weighted by Crippen LogP contribution is 2.16. The van der Waals surface area contributed by atoms with Gasteiger partial charge in [-0.05, 0) is 72.8 Å². The van der Waals surface area contributed by atoms with Crippen molar-refractivity contribution < 1.29 is 9.47 Å². The predicted molar refractivity (Wildman–Crippen MR) is 151 cm³/mol. The summed E-state index contributed by atoms with van der Waals surface area (Å²) in [5, 5.41) is 0. The highest BCUT2D eigenvalue weighted by molar-refractivity contribution is 5.86. The van der Waals surface area contributed by atoms with Crippen molar-refractivity contribution in [1.82, 2.24) is 9.97 Å². The first-order valence-corrected chi connectivity index (χ1v) is 9.70. The lowest BCUT2D eigenvalue weighted by atomic mass is 10.3. The summed E-state index contributed by atoms with van der Waals surface area (Å²) in [6, 6.07) is 26.2. The van der Waals surface area contributed by atoms with E-state index >= 15 is 0 Å². The number of nitrogens with zero attached hydrogens (tertiary/aromatic N) is 2. The van der Waals surface area contributed by atoms with E-state index in [1.165, 1.54) is 0 Å². The van der Waals surface area contributed by atoms with Crippen molar-refractivity contribution in [3.63, 3.8) is 0 Å². The van der Waals surface area contributed by atoms with Gasteiger partial charge in [0, 0.05) is 23.8 Å². The number of aromatic nitrogens is 2. The molecule has 0 saturated heterocycles. The first-order chi connectivity index (χ1) is 15.2. The van der Waals surface area contributed by atoms with Gasteiger partial charge in [0.25, 0.3) is 0 Å². The Balaban J connectivity index is 0. The molecular weight excluding hydrogens is 532 g/mol. The van der Waals surface area contributed by atoms with Gasteiger partial charge in [0.15, 0.2) is 0 Å². The average Bonchev–Trinajstić information content (AvgIpc) is 2.84. The molecule has 0 unspecified atom stereocenters. The largest absolute Gasteiger partial charge is 0.487 e. The van der Waals surface area contributed by atoms with Gasteiger partial charge in [-0.2, -0.15) is 0 Å². The lowest BCUT2D eigenvalue weighted by Crippen LogP contribution is -2.06. The first kappa shape index (κ1) is 34.2. The predicted octanol–water partition coefficient (Wildman–Crippen LogP) is 5.88. The molecule has 0 amide bonds. The zero-order valence-electron chi connectivity index (χ0n) is 18.7. The maximum atomic E-state index is 5.57. The van der Waals surface area contributed by atoms with Crippen molar-refractivity contribution in [3.8, 4) is 11.5 Å². The highest BCUT2D eigenvalue weighted by atomic mass is 35.5. The molecule has 7 nitrogen and oxygen atoms in total. The number of rotatable bonds is 7. The van der Waals surface area contributed by atoms with Crippen molar-refractivity contribution in [2.75, 3.05) is 11.2 Å². The topological polar surface area (TPSA) is 108 Å². The van der Waals surface area contributed by atoms with Crippen LogP contribution in [0, 0.1) is 0 Å². The van der Waals surface area contributed by atoms with Crippen LogP contribution in [0.15, 0.2) is 97.3 Å². The fourth-order valence-corrected chi connectivity index (χ4v) is 2.49. The van der Waals surface area contributed by atoms with Crippen molar-refractivity contribution in [3.05, 3.63) is 109 Å². The molecule has 0 radical (unpaired) electrons. The van der Waals surface area contributed by atoms with E-state index in [0.29, 0.717) is 13.2 Å². The first-order valence-electron chi connectivity index (χ1n) is 9.70. The van der Waals surface area contributed by atoms with Crippen LogP contribution >= 0.6 is 49.6 Å². The van der Waals surface area contributed by atoms with Crippen molar-refractivity contribution in [2.45, 2.75) is 13.2 Å². The molecule has 11 heteroatoms. The standard InChI is InChI=1S/C12H13N3O.C12H12N2O.4ClH/c13-15-10-4-6-12(7-5-10)16-9-11-3-1-2-8-14-11;13-10-4-6-12(7-5-10)15-9-11-3-1-2-8-14-11;;;;/h1-8,15H,9,13H2;1-8H,9,13H2;4*1H. The summed E-state index contributed by atoms with van der Waals surface area (Å²) in [6.07, 6.45) is 3.50. The van der Waals surface area contributed by atoms with Gasteiger partial charge in [0.05, 0.1) is 11.4 Å². The Morgan fingerprint density at radius 3 is 1.40 bits per heavy atom. The lowest BCUT2D eigenvalue weighted by molar-refractivity contribution is 0.301. The molecule has 0 saturated carbocycles. The van der Waals surface area contributed by atoms with Crippen LogP contribution in [0.25, 0.3) is 0 Å². The number of halogens is 4. The number of hydrogen-bond acceptors (Lipinski definition) is 7. The summed E-state index contributed by atoms with van der Waals surface area (Å²) in [7, 11) is 0. The Labute approximate surface area is 230 Å². The molecule has 0 aliphatic carbocycles. The molecule has 4 rings (SSSR count). The third kappa shape index (κ3) is 12.9. The van der Waals surface area contributed by atoms with Gasteiger partial charge < -0.3 is 20.6 Å². The van der Waals surface area contributed by atoms with E-state index in [9.17, 15) is 0 Å². The molecule has 0 aliphatic heterocycles. The second-order valence-electron chi connectivity index (χ2n) is 6.46. The van der Waals surface area contributed by atoms with E-state index in [0.717, 1.165) is 34.3 Å². The minimum absolute atomic E-state index is 0. The van der Waals surface area contributed by atoms with E-state index in [4.69, 9.17) is 21.1 Å². The van der Waals surface area contributed by atoms with E-state index < -0.39 is 0 Å². The molecule has 0 spiro atoms. The Hall–Kier alpha value is -2.94. The van der Waals surface area contributed by atoms with Crippen LogP contribution in [0.4, 0.5) is 11.4 Å². The normalized spacial score (nSPS) is 8.71. The number of nitrogen functional groups attached to an aromatic ring is 2. The quantitative estimate of drug-likeness (QED) is 0.147. The molecule has 2 aromatic heterocycles. The molecule has 190 valence electrons. The van der Waals surface area contributed by atoms with Crippen LogP contribution in [-0.4, -0.2) is 9.97 Å². The number of nitrogens with two attached hydrogens (primary N) is 2. The molecule has 35 heavy (non-hydrogen) atoms. The summed E-state index contributed by atoms with van der Waals surface area (Å²) in [4.78, 5) is 8.33. The summed E-state index contributed by atoms with van der Waals surface area (Å²) >= 11 is 0. The summed E-state index contributed by atoms with van der Waals surface area (Å²) in [5.74, 6) is 6.86. The summed E-state index contributed by atoms with van der Waals surface area (Å²) < 4.78 is 11.1. The SMILES string of the molecule is Cl.Cl.Cl.Cl.NNc1ccc(OCc2ccccn2)cc1.Nc1ccc(OCc2ccccn2)cc1. The molecule has 0 atom stereocenters. The van der Waals surface area contributed by atoms with E-state index in [1.54, 1.807) is 12.4 Å². The molecular formula is C24H29Cl4N5O2. The smallest absolute Gasteiger partial charge is 0.130 e. The second kappa shape index (κ2) is 19.4. The number of benzene rings is 2. The van der Waals surface area contributed by atoms with Gasteiger partial charge in [0.1, 0.15) is 24.7 Å². The number of hydrogen-bond donors (Lipinski definition) is 3. The van der Waals surface area contributed by atoms with Gasteiger partial charge in [-0.15, -0.1) is 49.6 Å². The molecule has 0 aliphatic rings. The number of hydrazine groups is 1. The Kier molecular flexibility index (Phi) is 18.9. The zero-order chi connectivity index (χ0) is 21.7. The van der Waals surface area contributed by atoms with Crippen LogP contribution in [0.3, 0.4) is 0 Å². The van der Waals surface area contributed by atoms with E-state index in [2.05, 4.69) is 15.4 Å². The van der Waals surface area contributed by atoms with Crippen LogP contribution in [-0.2, 0) is 13.2 Å². The number of ether oxygens (including phenoxy) is 2. The van der Waals surface area contributed by atoms with Crippen molar-refractivity contribution in [1.29, 1.82) is 0 Å².